The fourth-order valence-electron chi connectivity index (χ4n) is 1.70. The molecule has 8 heteroatoms. The molecule has 0 unspecified atom stereocenters. The highest BCUT2D eigenvalue weighted by atomic mass is 19.2. The largest absolute Gasteiger partial charge is 0.505 e. The minimum atomic E-state index is -1.57. The summed E-state index contributed by atoms with van der Waals surface area (Å²) in [6.45, 7) is 0. The summed E-state index contributed by atoms with van der Waals surface area (Å²) in [4.78, 5) is 7.59. The van der Waals surface area contributed by atoms with Crippen molar-refractivity contribution < 1.29 is 22.8 Å². The van der Waals surface area contributed by atoms with Gasteiger partial charge in [0.2, 0.25) is 5.82 Å². The summed E-state index contributed by atoms with van der Waals surface area (Å²) in [6.07, 6.45) is 2.58. The van der Waals surface area contributed by atoms with Crippen molar-refractivity contribution in [2.75, 3.05) is 0 Å². The van der Waals surface area contributed by atoms with Gasteiger partial charge in [0, 0.05) is 11.8 Å². The van der Waals surface area contributed by atoms with Crippen molar-refractivity contribution in [1.82, 2.24) is 15.1 Å². The highest BCUT2D eigenvalue weighted by Crippen LogP contribution is 2.29. The molecule has 0 amide bonds. The molecule has 0 bridgehead atoms. The van der Waals surface area contributed by atoms with Crippen molar-refractivity contribution in [3.8, 4) is 28.6 Å². The van der Waals surface area contributed by atoms with Crippen molar-refractivity contribution in [3.05, 3.63) is 48.0 Å². The van der Waals surface area contributed by atoms with E-state index in [0.29, 0.717) is 0 Å². The molecule has 5 nitrogen and oxygen atoms in total. The van der Waals surface area contributed by atoms with Gasteiger partial charge >= 0.3 is 0 Å². The Morgan fingerprint density at radius 1 is 1.10 bits per heavy atom. The third-order valence-corrected chi connectivity index (χ3v) is 2.70. The molecule has 0 aliphatic carbocycles. The molecule has 3 rings (SSSR count). The van der Waals surface area contributed by atoms with E-state index in [1.54, 1.807) is 0 Å². The fourth-order valence-corrected chi connectivity index (χ4v) is 1.70. The summed E-state index contributed by atoms with van der Waals surface area (Å²) in [6, 6.07) is 2.93. The Bertz CT molecular complexity index is 797. The molecule has 0 aliphatic rings. The van der Waals surface area contributed by atoms with E-state index in [0.717, 1.165) is 12.1 Å². The molecule has 0 atom stereocenters. The number of nitrogens with zero attached hydrogens (tertiary/aromatic N) is 3. The summed E-state index contributed by atoms with van der Waals surface area (Å²) in [7, 11) is 0. The van der Waals surface area contributed by atoms with Gasteiger partial charge in [-0.25, -0.2) is 13.2 Å². The minimum Gasteiger partial charge on any atom is -0.505 e. The molecule has 1 aromatic carbocycles. The van der Waals surface area contributed by atoms with Crippen LogP contribution in [0.15, 0.2) is 35.1 Å². The predicted molar refractivity (Wildman–Crippen MR) is 64.5 cm³/mol. The van der Waals surface area contributed by atoms with E-state index in [1.807, 2.05) is 0 Å². The summed E-state index contributed by atoms with van der Waals surface area (Å²) in [5.41, 5.74) is 0.127. The van der Waals surface area contributed by atoms with E-state index in [9.17, 15) is 18.3 Å². The lowest BCUT2D eigenvalue weighted by Crippen LogP contribution is -1.92. The summed E-state index contributed by atoms with van der Waals surface area (Å²) < 4.78 is 44.1. The van der Waals surface area contributed by atoms with Gasteiger partial charge in [-0.15, -0.1) is 0 Å². The average molecular weight is 293 g/mol. The van der Waals surface area contributed by atoms with E-state index in [1.165, 1.54) is 18.5 Å². The molecule has 0 aliphatic heterocycles. The molecular formula is C13H6F3N3O2. The quantitative estimate of drug-likeness (QED) is 0.735. The molecule has 0 spiro atoms. The van der Waals surface area contributed by atoms with Crippen molar-refractivity contribution in [3.63, 3.8) is 0 Å². The molecule has 3 aromatic rings. The van der Waals surface area contributed by atoms with Gasteiger partial charge in [-0.1, -0.05) is 5.16 Å². The molecule has 0 fully saturated rings. The van der Waals surface area contributed by atoms with Crippen LogP contribution in [-0.4, -0.2) is 20.2 Å². The Balaban J connectivity index is 2.05. The first-order valence-corrected chi connectivity index (χ1v) is 5.68. The van der Waals surface area contributed by atoms with Crippen LogP contribution < -0.4 is 0 Å². The molecular weight excluding hydrogens is 287 g/mol. The van der Waals surface area contributed by atoms with Crippen LogP contribution in [-0.2, 0) is 0 Å². The summed E-state index contributed by atoms with van der Waals surface area (Å²) >= 11 is 0. The molecule has 0 radical (unpaired) electrons. The van der Waals surface area contributed by atoms with Crippen LogP contribution in [0, 0.1) is 17.5 Å². The van der Waals surface area contributed by atoms with Crippen LogP contribution in [0.3, 0.4) is 0 Å². The second-order valence-electron chi connectivity index (χ2n) is 4.07. The fraction of sp³-hybridized carbons (Fsp3) is 0. The van der Waals surface area contributed by atoms with Crippen LogP contribution in [0.5, 0.6) is 5.75 Å². The third kappa shape index (κ3) is 2.31. The monoisotopic (exact) mass is 293 g/mol. The third-order valence-electron chi connectivity index (χ3n) is 2.70. The first kappa shape index (κ1) is 13.1. The van der Waals surface area contributed by atoms with Crippen LogP contribution >= 0.6 is 0 Å². The highest BCUT2D eigenvalue weighted by molar-refractivity contribution is 5.64. The second-order valence-corrected chi connectivity index (χ2v) is 4.07. The Kier molecular flexibility index (Phi) is 3.05. The topological polar surface area (TPSA) is 72.0 Å². The molecule has 2 heterocycles. The maximum atomic E-state index is 13.2. The molecule has 106 valence electrons. The molecule has 0 saturated heterocycles. The van der Waals surface area contributed by atoms with Gasteiger partial charge in [0.25, 0.3) is 5.89 Å². The number of pyridine rings is 1. The molecule has 2 aromatic heterocycles. The Morgan fingerprint density at radius 2 is 1.81 bits per heavy atom. The van der Waals surface area contributed by atoms with Crippen molar-refractivity contribution >= 4 is 0 Å². The predicted octanol–water partition coefficient (Wildman–Crippen LogP) is 2.92. The zero-order valence-corrected chi connectivity index (χ0v) is 10.2. The van der Waals surface area contributed by atoms with Crippen LogP contribution in [0.2, 0.25) is 0 Å². The zero-order chi connectivity index (χ0) is 15.0. The first-order valence-electron chi connectivity index (χ1n) is 5.68. The van der Waals surface area contributed by atoms with Gasteiger partial charge in [0.1, 0.15) is 5.75 Å². The lowest BCUT2D eigenvalue weighted by molar-refractivity contribution is 0.424. The number of hydrogen-bond acceptors (Lipinski definition) is 5. The maximum absolute atomic E-state index is 13.2. The molecule has 0 saturated carbocycles. The summed E-state index contributed by atoms with van der Waals surface area (Å²) in [5.74, 6) is -4.68. The lowest BCUT2D eigenvalue weighted by atomic mass is 10.2. The standard InChI is InChI=1S/C13H6F3N3O2/c14-8-3-6(4-9(15)11(8)16)12-18-13(21-19-12)7-1-2-17-5-10(7)20/h1-5,20H. The number of hydrogen-bond donors (Lipinski definition) is 1. The Labute approximate surface area is 115 Å². The average Bonchev–Trinajstić information content (AvgIpc) is 2.94. The van der Waals surface area contributed by atoms with Gasteiger partial charge in [0.05, 0.1) is 11.8 Å². The smallest absolute Gasteiger partial charge is 0.262 e. The SMILES string of the molecule is Oc1cnccc1-c1nc(-c2cc(F)c(F)c(F)c2)no1. The van der Waals surface area contributed by atoms with Gasteiger partial charge < -0.3 is 9.63 Å². The highest BCUT2D eigenvalue weighted by Gasteiger charge is 2.17. The number of aromatic hydroxyl groups is 1. The van der Waals surface area contributed by atoms with E-state index in [4.69, 9.17) is 4.52 Å². The minimum absolute atomic E-state index is 0.0601. The van der Waals surface area contributed by atoms with E-state index < -0.39 is 17.5 Å². The molecule has 21 heavy (non-hydrogen) atoms. The van der Waals surface area contributed by atoms with Crippen LogP contribution in [0.1, 0.15) is 0 Å². The maximum Gasteiger partial charge on any atom is 0.262 e. The summed E-state index contributed by atoms with van der Waals surface area (Å²) in [5, 5.41) is 13.2. The first-order chi connectivity index (χ1) is 10.1. The van der Waals surface area contributed by atoms with Crippen LogP contribution in [0.25, 0.3) is 22.8 Å². The van der Waals surface area contributed by atoms with Gasteiger partial charge in [0.15, 0.2) is 17.5 Å². The number of halogens is 3. The van der Waals surface area contributed by atoms with Gasteiger partial charge in [-0.3, -0.25) is 4.98 Å². The second kappa shape index (κ2) is 4.89. The zero-order valence-electron chi connectivity index (χ0n) is 10.2. The van der Waals surface area contributed by atoms with Crippen molar-refractivity contribution in [1.29, 1.82) is 0 Å². The van der Waals surface area contributed by atoms with Gasteiger partial charge in [-0.05, 0) is 18.2 Å². The molecule has 1 N–H and O–H groups in total. The Morgan fingerprint density at radius 3 is 2.48 bits per heavy atom. The van der Waals surface area contributed by atoms with E-state index in [-0.39, 0.29) is 28.6 Å². The normalized spacial score (nSPS) is 10.8. The number of rotatable bonds is 2. The van der Waals surface area contributed by atoms with E-state index >= 15 is 0 Å². The van der Waals surface area contributed by atoms with E-state index in [2.05, 4.69) is 15.1 Å². The van der Waals surface area contributed by atoms with Gasteiger partial charge in [-0.2, -0.15) is 4.98 Å². The van der Waals surface area contributed by atoms with Crippen LogP contribution in [0.4, 0.5) is 13.2 Å². The Hall–Kier alpha value is -2.90. The number of benzene rings is 1. The number of aromatic nitrogens is 3. The van der Waals surface area contributed by atoms with Crippen molar-refractivity contribution in [2.45, 2.75) is 0 Å². The van der Waals surface area contributed by atoms with Crippen molar-refractivity contribution in [2.24, 2.45) is 0 Å². The lowest BCUT2D eigenvalue weighted by Gasteiger charge is -1.98.